The molecule has 3 heteroatoms. The minimum Gasteiger partial charge on any atom is -0.367 e. The Morgan fingerprint density at radius 1 is 1.29 bits per heavy atom. The second-order valence-electron chi connectivity index (χ2n) is 4.76. The maximum atomic E-state index is 5.78. The highest BCUT2D eigenvalue weighted by Crippen LogP contribution is 2.43. The lowest BCUT2D eigenvalue weighted by atomic mass is 9.76. The Morgan fingerprint density at radius 3 is 2.82 bits per heavy atom. The summed E-state index contributed by atoms with van der Waals surface area (Å²) in [5.41, 5.74) is 9.32. The van der Waals surface area contributed by atoms with Crippen LogP contribution in [-0.2, 0) is 6.42 Å². The molecule has 0 fully saturated rings. The maximum Gasteiger partial charge on any atom is 0.225 e. The zero-order valence-electron chi connectivity index (χ0n) is 9.89. The van der Waals surface area contributed by atoms with Gasteiger partial charge in [-0.2, -0.15) is 0 Å². The third kappa shape index (κ3) is 1.62. The molecule has 2 N–H and O–H groups in total. The van der Waals surface area contributed by atoms with Gasteiger partial charge in [-0.3, -0.25) is 0 Å². The zero-order chi connectivity index (χ0) is 11.8. The van der Waals surface area contributed by atoms with Crippen molar-refractivity contribution in [3.63, 3.8) is 0 Å². The van der Waals surface area contributed by atoms with Crippen LogP contribution in [0.3, 0.4) is 0 Å². The van der Waals surface area contributed by atoms with E-state index in [1.165, 1.54) is 5.56 Å². The Hall–Kier alpha value is -1.77. The van der Waals surface area contributed by atoms with Gasteiger partial charge in [0.2, 0.25) is 5.88 Å². The average Bonchev–Trinajstić information content (AvgIpc) is 2.74. The van der Waals surface area contributed by atoms with Crippen LogP contribution in [0, 0.1) is 0 Å². The van der Waals surface area contributed by atoms with Gasteiger partial charge in [-0.1, -0.05) is 42.4 Å². The number of nitrogens with zero attached hydrogens (tertiary/aromatic N) is 1. The first-order valence-corrected chi connectivity index (χ1v) is 6.06. The molecule has 1 aromatic heterocycles. The minimum atomic E-state index is 0.377. The van der Waals surface area contributed by atoms with Gasteiger partial charge >= 0.3 is 0 Å². The van der Waals surface area contributed by atoms with Crippen LogP contribution >= 0.6 is 0 Å². The molecule has 0 aliphatic heterocycles. The smallest absolute Gasteiger partial charge is 0.225 e. The highest BCUT2D eigenvalue weighted by molar-refractivity contribution is 5.44. The van der Waals surface area contributed by atoms with Crippen molar-refractivity contribution >= 4 is 5.88 Å². The predicted molar refractivity (Wildman–Crippen MR) is 66.8 cm³/mol. The van der Waals surface area contributed by atoms with E-state index in [4.69, 9.17) is 10.3 Å². The summed E-state index contributed by atoms with van der Waals surface area (Å²) >= 11 is 0. The van der Waals surface area contributed by atoms with Gasteiger partial charge in [0.25, 0.3) is 0 Å². The van der Waals surface area contributed by atoms with Gasteiger partial charge in [0.15, 0.2) is 0 Å². The van der Waals surface area contributed by atoms with Crippen molar-refractivity contribution < 1.29 is 4.52 Å². The van der Waals surface area contributed by atoms with E-state index in [0.717, 1.165) is 24.1 Å². The Bertz CT molecular complexity index is 518. The second kappa shape index (κ2) is 3.91. The van der Waals surface area contributed by atoms with Crippen molar-refractivity contribution in [2.24, 2.45) is 0 Å². The normalized spacial score (nSPS) is 23.4. The summed E-state index contributed by atoms with van der Waals surface area (Å²) in [7, 11) is 0. The maximum absolute atomic E-state index is 5.78. The molecule has 2 atom stereocenters. The standard InChI is InChI=1S/C14H16N2O/c1-9-11(10-5-3-2-4-6-10)7-8-12-13(9)16-17-14(12)15/h2-6,9,11H,7-8,15H2,1H3. The number of anilines is 1. The van der Waals surface area contributed by atoms with Crippen LogP contribution in [0.1, 0.15) is 42.0 Å². The molecule has 0 saturated carbocycles. The zero-order valence-corrected chi connectivity index (χ0v) is 9.89. The van der Waals surface area contributed by atoms with Crippen molar-refractivity contribution in [3.8, 4) is 0 Å². The lowest BCUT2D eigenvalue weighted by molar-refractivity contribution is 0.410. The number of aromatic nitrogens is 1. The van der Waals surface area contributed by atoms with Gasteiger partial charge in [-0.15, -0.1) is 0 Å². The van der Waals surface area contributed by atoms with E-state index < -0.39 is 0 Å². The molecule has 3 rings (SSSR count). The van der Waals surface area contributed by atoms with Crippen molar-refractivity contribution in [1.82, 2.24) is 5.16 Å². The average molecular weight is 228 g/mol. The third-order valence-corrected chi connectivity index (χ3v) is 3.82. The number of nitrogen functional groups attached to an aromatic ring is 1. The molecule has 0 spiro atoms. The summed E-state index contributed by atoms with van der Waals surface area (Å²) in [6.07, 6.45) is 2.08. The highest BCUT2D eigenvalue weighted by atomic mass is 16.5. The Labute approximate surface area is 101 Å². The topological polar surface area (TPSA) is 52.0 Å². The van der Waals surface area contributed by atoms with Crippen molar-refractivity contribution in [1.29, 1.82) is 0 Å². The quantitative estimate of drug-likeness (QED) is 0.816. The van der Waals surface area contributed by atoms with E-state index >= 15 is 0 Å². The first kappa shape index (κ1) is 10.4. The van der Waals surface area contributed by atoms with Gasteiger partial charge in [-0.05, 0) is 24.3 Å². The molecule has 0 saturated heterocycles. The summed E-state index contributed by atoms with van der Waals surface area (Å²) < 4.78 is 5.10. The van der Waals surface area contributed by atoms with Crippen LogP contribution in [0.4, 0.5) is 5.88 Å². The molecule has 1 aliphatic carbocycles. The fraction of sp³-hybridized carbons (Fsp3) is 0.357. The summed E-state index contributed by atoms with van der Waals surface area (Å²) in [5.74, 6) is 1.40. The molecule has 17 heavy (non-hydrogen) atoms. The van der Waals surface area contributed by atoms with E-state index in [-0.39, 0.29) is 0 Å². The second-order valence-corrected chi connectivity index (χ2v) is 4.76. The van der Waals surface area contributed by atoms with Crippen LogP contribution in [0.5, 0.6) is 0 Å². The van der Waals surface area contributed by atoms with Crippen molar-refractivity contribution in [2.45, 2.75) is 31.6 Å². The molecule has 0 amide bonds. The minimum absolute atomic E-state index is 0.377. The molecular formula is C14H16N2O. The Morgan fingerprint density at radius 2 is 2.06 bits per heavy atom. The predicted octanol–water partition coefficient (Wildman–Crippen LogP) is 3.09. The monoisotopic (exact) mass is 228 g/mol. The van der Waals surface area contributed by atoms with E-state index in [0.29, 0.717) is 17.7 Å². The van der Waals surface area contributed by atoms with Crippen LogP contribution in [0.2, 0.25) is 0 Å². The van der Waals surface area contributed by atoms with Crippen molar-refractivity contribution in [3.05, 3.63) is 47.2 Å². The molecule has 3 nitrogen and oxygen atoms in total. The largest absolute Gasteiger partial charge is 0.367 e. The first-order valence-electron chi connectivity index (χ1n) is 6.06. The molecule has 2 unspecified atom stereocenters. The molecular weight excluding hydrogens is 212 g/mol. The first-order chi connectivity index (χ1) is 8.27. The fourth-order valence-corrected chi connectivity index (χ4v) is 2.84. The Kier molecular flexibility index (Phi) is 2.39. The lowest BCUT2D eigenvalue weighted by Gasteiger charge is -2.27. The van der Waals surface area contributed by atoms with Crippen molar-refractivity contribution in [2.75, 3.05) is 5.73 Å². The number of fused-ring (bicyclic) bond motifs is 1. The van der Waals surface area contributed by atoms with Gasteiger partial charge in [-0.25, -0.2) is 0 Å². The van der Waals surface area contributed by atoms with E-state index in [1.807, 2.05) is 0 Å². The SMILES string of the molecule is CC1c2noc(N)c2CCC1c1ccccc1. The van der Waals surface area contributed by atoms with E-state index in [2.05, 4.69) is 42.4 Å². The molecule has 2 aromatic rings. The summed E-state index contributed by atoms with van der Waals surface area (Å²) in [6, 6.07) is 10.6. The summed E-state index contributed by atoms with van der Waals surface area (Å²) in [6.45, 7) is 2.21. The van der Waals surface area contributed by atoms with Crippen LogP contribution in [0.25, 0.3) is 0 Å². The van der Waals surface area contributed by atoms with Gasteiger partial charge in [0.1, 0.15) is 0 Å². The highest BCUT2D eigenvalue weighted by Gasteiger charge is 2.31. The molecule has 0 bridgehead atoms. The third-order valence-electron chi connectivity index (χ3n) is 3.82. The molecule has 88 valence electrons. The number of benzene rings is 1. The number of nitrogens with two attached hydrogens (primary N) is 1. The molecule has 1 heterocycles. The van der Waals surface area contributed by atoms with E-state index in [9.17, 15) is 0 Å². The number of hydrogen-bond acceptors (Lipinski definition) is 3. The van der Waals surface area contributed by atoms with Gasteiger partial charge in [0.05, 0.1) is 5.69 Å². The summed E-state index contributed by atoms with van der Waals surface area (Å²) in [4.78, 5) is 0. The van der Waals surface area contributed by atoms with Crippen LogP contribution < -0.4 is 5.73 Å². The van der Waals surface area contributed by atoms with Crippen LogP contribution in [-0.4, -0.2) is 5.16 Å². The Balaban J connectivity index is 1.97. The summed E-state index contributed by atoms with van der Waals surface area (Å²) in [5, 5.41) is 4.11. The number of rotatable bonds is 1. The molecule has 1 aromatic carbocycles. The van der Waals surface area contributed by atoms with Gasteiger partial charge in [0, 0.05) is 11.5 Å². The van der Waals surface area contributed by atoms with E-state index in [1.54, 1.807) is 0 Å². The number of hydrogen-bond donors (Lipinski definition) is 1. The molecule has 0 radical (unpaired) electrons. The lowest BCUT2D eigenvalue weighted by Crippen LogP contribution is -2.17. The molecule has 1 aliphatic rings. The van der Waals surface area contributed by atoms with Gasteiger partial charge < -0.3 is 10.3 Å². The van der Waals surface area contributed by atoms with Crippen LogP contribution in [0.15, 0.2) is 34.9 Å². The fourth-order valence-electron chi connectivity index (χ4n) is 2.84.